The molecule has 1 N–H and O–H groups in total. The normalized spacial score (nSPS) is 11.0. The number of hydrogen-bond donors (Lipinski definition) is 1. The molecule has 0 aliphatic carbocycles. The van der Waals surface area contributed by atoms with Gasteiger partial charge in [0.25, 0.3) is 0 Å². The smallest absolute Gasteiger partial charge is 0.0499 e. The second-order valence-corrected chi connectivity index (χ2v) is 7.30. The van der Waals surface area contributed by atoms with Crippen LogP contribution in [0.15, 0.2) is 79.4 Å². The first-order valence-corrected chi connectivity index (χ1v) is 10.0. The van der Waals surface area contributed by atoms with Gasteiger partial charge in [-0.2, -0.15) is 0 Å². The van der Waals surface area contributed by atoms with Crippen LogP contribution in [0.5, 0.6) is 0 Å². The standard InChI is InChI=1S/C26H26ClN/c1-4-17-28-26-23(11-8-12-24(26)22-9-6-5-7-10-22)19(2)13-15-21-16-14-20(3)25(27)18-21/h5-16,18,28H,2,4,17H2,1,3H3/b15-13+. The van der Waals surface area contributed by atoms with Gasteiger partial charge in [-0.25, -0.2) is 0 Å². The molecule has 1 nitrogen and oxygen atoms in total. The maximum Gasteiger partial charge on any atom is 0.0499 e. The van der Waals surface area contributed by atoms with E-state index in [1.165, 1.54) is 11.1 Å². The fourth-order valence-electron chi connectivity index (χ4n) is 3.12. The Morgan fingerprint density at radius 2 is 1.82 bits per heavy atom. The van der Waals surface area contributed by atoms with Gasteiger partial charge >= 0.3 is 0 Å². The Kier molecular flexibility index (Phi) is 6.73. The highest BCUT2D eigenvalue weighted by Crippen LogP contribution is 2.35. The van der Waals surface area contributed by atoms with E-state index >= 15 is 0 Å². The van der Waals surface area contributed by atoms with Crippen molar-refractivity contribution in [2.24, 2.45) is 0 Å². The molecule has 0 atom stereocenters. The Morgan fingerprint density at radius 1 is 1.04 bits per heavy atom. The van der Waals surface area contributed by atoms with Crippen LogP contribution in [0.2, 0.25) is 5.02 Å². The van der Waals surface area contributed by atoms with Crippen LogP contribution in [0.4, 0.5) is 5.69 Å². The lowest BCUT2D eigenvalue weighted by Crippen LogP contribution is -2.04. The van der Waals surface area contributed by atoms with E-state index in [9.17, 15) is 0 Å². The number of allylic oxidation sites excluding steroid dienone is 2. The van der Waals surface area contributed by atoms with Crippen molar-refractivity contribution >= 4 is 28.9 Å². The average Bonchev–Trinajstić information content (AvgIpc) is 2.73. The third kappa shape index (κ3) is 4.74. The molecule has 0 heterocycles. The molecule has 2 heteroatoms. The van der Waals surface area contributed by atoms with Crippen LogP contribution < -0.4 is 5.32 Å². The molecule has 0 aliphatic rings. The van der Waals surface area contributed by atoms with Gasteiger partial charge in [0.05, 0.1) is 0 Å². The van der Waals surface area contributed by atoms with Crippen molar-refractivity contribution in [3.05, 3.63) is 101 Å². The van der Waals surface area contributed by atoms with E-state index < -0.39 is 0 Å². The van der Waals surface area contributed by atoms with Crippen LogP contribution in [0, 0.1) is 6.92 Å². The molecule has 0 amide bonds. The number of benzene rings is 3. The zero-order chi connectivity index (χ0) is 19.9. The number of halogens is 1. The van der Waals surface area contributed by atoms with Gasteiger partial charge < -0.3 is 5.32 Å². The Labute approximate surface area is 173 Å². The minimum absolute atomic E-state index is 0.782. The highest BCUT2D eigenvalue weighted by molar-refractivity contribution is 6.31. The van der Waals surface area contributed by atoms with E-state index in [-0.39, 0.29) is 0 Å². The van der Waals surface area contributed by atoms with Crippen LogP contribution in [-0.2, 0) is 0 Å². The van der Waals surface area contributed by atoms with Gasteiger partial charge in [0.2, 0.25) is 0 Å². The second-order valence-electron chi connectivity index (χ2n) is 6.89. The molecule has 28 heavy (non-hydrogen) atoms. The Morgan fingerprint density at radius 3 is 2.54 bits per heavy atom. The SMILES string of the molecule is C=C(/C=C/c1ccc(C)c(Cl)c1)c1cccc(-c2ccccc2)c1NCCC. The molecule has 0 fully saturated rings. The van der Waals surface area contributed by atoms with Crippen LogP contribution in [0.25, 0.3) is 22.8 Å². The van der Waals surface area contributed by atoms with E-state index in [2.05, 4.69) is 79.5 Å². The second kappa shape index (κ2) is 9.43. The summed E-state index contributed by atoms with van der Waals surface area (Å²) < 4.78 is 0. The van der Waals surface area contributed by atoms with Crippen LogP contribution >= 0.6 is 11.6 Å². The Balaban J connectivity index is 1.96. The van der Waals surface area contributed by atoms with Gasteiger partial charge in [-0.1, -0.05) is 97.9 Å². The Hall–Kier alpha value is -2.77. The first kappa shape index (κ1) is 20.0. The summed E-state index contributed by atoms with van der Waals surface area (Å²) in [5.41, 5.74) is 7.76. The van der Waals surface area contributed by atoms with E-state index in [0.29, 0.717) is 0 Å². The summed E-state index contributed by atoms with van der Waals surface area (Å²) in [6, 6.07) is 22.9. The lowest BCUT2D eigenvalue weighted by Gasteiger charge is -2.17. The first-order valence-electron chi connectivity index (χ1n) is 9.66. The van der Waals surface area contributed by atoms with Crippen molar-refractivity contribution < 1.29 is 0 Å². The average molecular weight is 388 g/mol. The number of anilines is 1. The van der Waals surface area contributed by atoms with Gasteiger partial charge in [0.15, 0.2) is 0 Å². The largest absolute Gasteiger partial charge is 0.384 e. The topological polar surface area (TPSA) is 12.0 Å². The van der Waals surface area contributed by atoms with Crippen LogP contribution in [0.1, 0.15) is 30.0 Å². The van der Waals surface area contributed by atoms with Crippen molar-refractivity contribution in [1.29, 1.82) is 0 Å². The summed E-state index contributed by atoms with van der Waals surface area (Å²) in [6.45, 7) is 9.43. The monoisotopic (exact) mass is 387 g/mol. The maximum atomic E-state index is 6.25. The van der Waals surface area contributed by atoms with Gasteiger partial charge in [-0.15, -0.1) is 0 Å². The number of nitrogens with one attached hydrogen (secondary N) is 1. The molecule has 0 unspecified atom stereocenters. The minimum atomic E-state index is 0.782. The lowest BCUT2D eigenvalue weighted by atomic mass is 9.96. The summed E-state index contributed by atoms with van der Waals surface area (Å²) in [6.07, 6.45) is 5.18. The van der Waals surface area contributed by atoms with E-state index in [1.807, 2.05) is 25.1 Å². The van der Waals surface area contributed by atoms with Crippen LogP contribution in [0.3, 0.4) is 0 Å². The summed E-state index contributed by atoms with van der Waals surface area (Å²) in [4.78, 5) is 0. The fraction of sp³-hybridized carbons (Fsp3) is 0.154. The third-order valence-corrected chi connectivity index (χ3v) is 5.13. The van der Waals surface area contributed by atoms with Crippen molar-refractivity contribution in [1.82, 2.24) is 0 Å². The summed E-state index contributed by atoms with van der Waals surface area (Å²) in [7, 11) is 0. The van der Waals surface area contributed by atoms with Crippen molar-refractivity contribution in [3.8, 4) is 11.1 Å². The molecule has 142 valence electrons. The molecule has 0 saturated carbocycles. The molecule has 0 spiro atoms. The molecule has 0 bridgehead atoms. The third-order valence-electron chi connectivity index (χ3n) is 4.72. The molecule has 3 aromatic rings. The number of aryl methyl sites for hydroxylation is 1. The number of hydrogen-bond acceptors (Lipinski definition) is 1. The van der Waals surface area contributed by atoms with Gasteiger partial charge in [-0.05, 0) is 41.7 Å². The fourth-order valence-corrected chi connectivity index (χ4v) is 3.31. The van der Waals surface area contributed by atoms with Gasteiger partial charge in [-0.3, -0.25) is 0 Å². The summed E-state index contributed by atoms with van der Waals surface area (Å²) in [5.74, 6) is 0. The molecule has 3 aromatic carbocycles. The van der Waals surface area contributed by atoms with Crippen molar-refractivity contribution in [3.63, 3.8) is 0 Å². The van der Waals surface area contributed by atoms with Crippen molar-refractivity contribution in [2.45, 2.75) is 20.3 Å². The van der Waals surface area contributed by atoms with E-state index in [4.69, 9.17) is 11.6 Å². The first-order chi connectivity index (χ1) is 13.6. The predicted octanol–water partition coefficient (Wildman–Crippen LogP) is 7.86. The quantitative estimate of drug-likeness (QED) is 0.407. The zero-order valence-corrected chi connectivity index (χ0v) is 17.3. The van der Waals surface area contributed by atoms with Crippen LogP contribution in [-0.4, -0.2) is 6.54 Å². The Bertz CT molecular complexity index is 987. The lowest BCUT2D eigenvalue weighted by molar-refractivity contribution is 0.979. The zero-order valence-electron chi connectivity index (χ0n) is 16.5. The highest BCUT2D eigenvalue weighted by atomic mass is 35.5. The molecular weight excluding hydrogens is 362 g/mol. The summed E-state index contributed by atoms with van der Waals surface area (Å²) >= 11 is 6.25. The molecular formula is C26H26ClN. The molecule has 0 saturated heterocycles. The minimum Gasteiger partial charge on any atom is -0.384 e. The number of para-hydroxylation sites is 1. The predicted molar refractivity (Wildman–Crippen MR) is 125 cm³/mol. The molecule has 0 aliphatic heterocycles. The molecule has 0 radical (unpaired) electrons. The molecule has 3 rings (SSSR count). The van der Waals surface area contributed by atoms with Gasteiger partial charge in [0.1, 0.15) is 0 Å². The van der Waals surface area contributed by atoms with Gasteiger partial charge in [0, 0.05) is 28.4 Å². The van der Waals surface area contributed by atoms with E-state index in [1.54, 1.807) is 0 Å². The van der Waals surface area contributed by atoms with Crippen molar-refractivity contribution in [2.75, 3.05) is 11.9 Å². The molecule has 0 aromatic heterocycles. The number of rotatable bonds is 7. The van der Waals surface area contributed by atoms with E-state index in [0.717, 1.165) is 45.9 Å². The highest BCUT2D eigenvalue weighted by Gasteiger charge is 2.11. The summed E-state index contributed by atoms with van der Waals surface area (Å²) in [5, 5.41) is 4.39. The maximum absolute atomic E-state index is 6.25.